The summed E-state index contributed by atoms with van der Waals surface area (Å²) >= 11 is 0. The Labute approximate surface area is 163 Å². The van der Waals surface area contributed by atoms with E-state index in [1.807, 2.05) is 31.2 Å². The number of carbonyl (C=O) groups excluding carboxylic acids is 2. The van der Waals surface area contributed by atoms with Crippen molar-refractivity contribution in [2.45, 2.75) is 13.8 Å². The number of esters is 1. The van der Waals surface area contributed by atoms with Gasteiger partial charge in [0.15, 0.2) is 5.78 Å². The fraction of sp³-hybridized carbons (Fsp3) is 0.182. The lowest BCUT2D eigenvalue weighted by Gasteiger charge is -2.10. The van der Waals surface area contributed by atoms with Crippen LogP contribution in [0.1, 0.15) is 33.4 Å². The minimum atomic E-state index is -0.403. The molecule has 0 fully saturated rings. The fourth-order valence-electron chi connectivity index (χ4n) is 2.78. The normalized spacial score (nSPS) is 11.3. The average molecular weight is 378 g/mol. The Hall–Kier alpha value is -3.54. The van der Waals surface area contributed by atoms with Gasteiger partial charge in [-0.05, 0) is 50.2 Å². The van der Waals surface area contributed by atoms with Gasteiger partial charge in [0.2, 0.25) is 0 Å². The number of aryl methyl sites for hydroxylation is 1. The molecule has 144 valence electrons. The Morgan fingerprint density at radius 1 is 1.07 bits per heavy atom. The molecule has 0 bridgehead atoms. The van der Waals surface area contributed by atoms with Crippen LogP contribution in [0.25, 0.3) is 11.0 Å². The van der Waals surface area contributed by atoms with Crippen molar-refractivity contribution in [3.63, 3.8) is 0 Å². The lowest BCUT2D eigenvalue weighted by Crippen LogP contribution is -2.16. The number of rotatable bonds is 7. The summed E-state index contributed by atoms with van der Waals surface area (Å²) in [5.74, 6) is 0.809. The van der Waals surface area contributed by atoms with E-state index in [1.54, 1.807) is 38.2 Å². The van der Waals surface area contributed by atoms with E-state index in [1.165, 1.54) is 6.08 Å². The number of allylic oxidation sites excluding steroid dienone is 1. The van der Waals surface area contributed by atoms with E-state index in [4.69, 9.17) is 9.15 Å². The molecule has 3 aromatic rings. The van der Waals surface area contributed by atoms with Gasteiger partial charge in [-0.2, -0.15) is 0 Å². The summed E-state index contributed by atoms with van der Waals surface area (Å²) in [5, 5.41) is 7.16. The largest absolute Gasteiger partial charge is 0.462 e. The molecule has 6 heteroatoms. The SMILES string of the molecule is CCOC(=O)c1ccc(C(=O)C=C(NC)Nc2ccc3oc(C)cc3c2)cc1. The zero-order chi connectivity index (χ0) is 20.1. The smallest absolute Gasteiger partial charge is 0.338 e. The molecule has 0 atom stereocenters. The highest BCUT2D eigenvalue weighted by Gasteiger charge is 2.10. The first-order chi connectivity index (χ1) is 13.5. The maximum Gasteiger partial charge on any atom is 0.338 e. The maximum absolute atomic E-state index is 12.5. The van der Waals surface area contributed by atoms with Crippen LogP contribution in [0.3, 0.4) is 0 Å². The number of hydrogen-bond donors (Lipinski definition) is 2. The summed E-state index contributed by atoms with van der Waals surface area (Å²) in [7, 11) is 1.73. The predicted octanol–water partition coefficient (Wildman–Crippen LogP) is 4.27. The van der Waals surface area contributed by atoms with Gasteiger partial charge in [-0.3, -0.25) is 4.79 Å². The number of ether oxygens (including phenoxy) is 1. The van der Waals surface area contributed by atoms with Crippen molar-refractivity contribution in [2.24, 2.45) is 0 Å². The number of fused-ring (bicyclic) bond motifs is 1. The first-order valence-corrected chi connectivity index (χ1v) is 8.98. The van der Waals surface area contributed by atoms with Crippen molar-refractivity contribution in [2.75, 3.05) is 19.0 Å². The van der Waals surface area contributed by atoms with Crippen LogP contribution in [0, 0.1) is 6.92 Å². The third-order valence-electron chi connectivity index (χ3n) is 4.14. The molecule has 2 N–H and O–H groups in total. The summed E-state index contributed by atoms with van der Waals surface area (Å²) in [5.41, 5.74) is 2.54. The zero-order valence-corrected chi connectivity index (χ0v) is 16.0. The molecule has 0 saturated carbocycles. The standard InChI is InChI=1S/C22H22N2O4/c1-4-27-22(26)16-7-5-15(6-8-16)19(25)13-21(23-3)24-18-9-10-20-17(12-18)11-14(2)28-20/h5-13,23-24H,4H2,1-3H3. The van der Waals surface area contributed by atoms with Gasteiger partial charge >= 0.3 is 5.97 Å². The van der Waals surface area contributed by atoms with E-state index >= 15 is 0 Å². The monoisotopic (exact) mass is 378 g/mol. The predicted molar refractivity (Wildman–Crippen MR) is 108 cm³/mol. The number of nitrogens with one attached hydrogen (secondary N) is 2. The van der Waals surface area contributed by atoms with Crippen LogP contribution >= 0.6 is 0 Å². The first-order valence-electron chi connectivity index (χ1n) is 8.98. The third-order valence-corrected chi connectivity index (χ3v) is 4.14. The molecule has 0 spiro atoms. The number of anilines is 1. The Morgan fingerprint density at radius 3 is 2.46 bits per heavy atom. The summed E-state index contributed by atoms with van der Waals surface area (Å²) in [6.07, 6.45) is 1.48. The topological polar surface area (TPSA) is 80.6 Å². The molecule has 1 aromatic heterocycles. The molecule has 0 saturated heterocycles. The van der Waals surface area contributed by atoms with E-state index in [2.05, 4.69) is 10.6 Å². The zero-order valence-electron chi connectivity index (χ0n) is 16.0. The van der Waals surface area contributed by atoms with Crippen LogP contribution in [-0.4, -0.2) is 25.4 Å². The lowest BCUT2D eigenvalue weighted by molar-refractivity contribution is 0.0526. The van der Waals surface area contributed by atoms with Crippen LogP contribution in [0.15, 0.2) is 64.8 Å². The van der Waals surface area contributed by atoms with Crippen LogP contribution in [0.2, 0.25) is 0 Å². The molecule has 0 unspecified atom stereocenters. The number of benzene rings is 2. The minimum absolute atomic E-state index is 0.188. The molecule has 0 aliphatic heterocycles. The highest BCUT2D eigenvalue weighted by atomic mass is 16.5. The molecule has 2 aromatic carbocycles. The van der Waals surface area contributed by atoms with E-state index in [9.17, 15) is 9.59 Å². The van der Waals surface area contributed by atoms with Crippen molar-refractivity contribution in [3.05, 3.63) is 77.3 Å². The second-order valence-electron chi connectivity index (χ2n) is 6.20. The van der Waals surface area contributed by atoms with E-state index in [0.29, 0.717) is 23.6 Å². The minimum Gasteiger partial charge on any atom is -0.462 e. The van der Waals surface area contributed by atoms with Gasteiger partial charge < -0.3 is 19.8 Å². The molecule has 3 rings (SSSR count). The van der Waals surface area contributed by atoms with Gasteiger partial charge in [0.1, 0.15) is 17.2 Å². The van der Waals surface area contributed by atoms with Crippen molar-refractivity contribution in [1.29, 1.82) is 0 Å². The van der Waals surface area contributed by atoms with Gasteiger partial charge in [-0.15, -0.1) is 0 Å². The summed E-state index contributed by atoms with van der Waals surface area (Å²) in [6.45, 7) is 3.96. The molecule has 1 heterocycles. The van der Waals surface area contributed by atoms with Crippen LogP contribution in [0.4, 0.5) is 5.69 Å². The highest BCUT2D eigenvalue weighted by Crippen LogP contribution is 2.23. The first kappa shape index (κ1) is 19.2. The molecule has 0 aliphatic rings. The summed E-state index contributed by atoms with van der Waals surface area (Å²) < 4.78 is 10.5. The van der Waals surface area contributed by atoms with E-state index in [-0.39, 0.29) is 5.78 Å². The van der Waals surface area contributed by atoms with Gasteiger partial charge in [0, 0.05) is 29.8 Å². The second-order valence-corrected chi connectivity index (χ2v) is 6.20. The van der Waals surface area contributed by atoms with E-state index in [0.717, 1.165) is 22.4 Å². The highest BCUT2D eigenvalue weighted by molar-refractivity contribution is 6.05. The van der Waals surface area contributed by atoms with Gasteiger partial charge in [0.05, 0.1) is 12.2 Å². The van der Waals surface area contributed by atoms with Crippen molar-refractivity contribution < 1.29 is 18.7 Å². The molecule has 0 radical (unpaired) electrons. The van der Waals surface area contributed by atoms with Gasteiger partial charge in [0.25, 0.3) is 0 Å². The van der Waals surface area contributed by atoms with Gasteiger partial charge in [-0.25, -0.2) is 4.79 Å². The Morgan fingerprint density at radius 2 is 1.79 bits per heavy atom. The average Bonchev–Trinajstić information content (AvgIpc) is 3.07. The van der Waals surface area contributed by atoms with Gasteiger partial charge in [-0.1, -0.05) is 12.1 Å². The summed E-state index contributed by atoms with van der Waals surface area (Å²) in [4.78, 5) is 24.2. The molecular weight excluding hydrogens is 356 g/mol. The van der Waals surface area contributed by atoms with Crippen molar-refractivity contribution in [1.82, 2.24) is 5.32 Å². The fourth-order valence-corrected chi connectivity index (χ4v) is 2.78. The third kappa shape index (κ3) is 4.40. The molecular formula is C22H22N2O4. The Kier molecular flexibility index (Phi) is 5.79. The van der Waals surface area contributed by atoms with Crippen LogP contribution in [0.5, 0.6) is 0 Å². The number of carbonyl (C=O) groups is 2. The van der Waals surface area contributed by atoms with E-state index < -0.39 is 5.97 Å². The van der Waals surface area contributed by atoms with Crippen LogP contribution in [-0.2, 0) is 4.74 Å². The van der Waals surface area contributed by atoms with Crippen LogP contribution < -0.4 is 10.6 Å². The lowest BCUT2D eigenvalue weighted by atomic mass is 10.1. The number of hydrogen-bond acceptors (Lipinski definition) is 6. The maximum atomic E-state index is 12.5. The van der Waals surface area contributed by atoms with Crippen molar-refractivity contribution in [3.8, 4) is 0 Å². The second kappa shape index (κ2) is 8.43. The Bertz CT molecular complexity index is 1030. The van der Waals surface area contributed by atoms with Crippen molar-refractivity contribution >= 4 is 28.4 Å². The summed E-state index contributed by atoms with van der Waals surface area (Å²) in [6, 6.07) is 14.1. The Balaban J connectivity index is 1.75. The number of furan rings is 1. The molecule has 0 amide bonds. The molecule has 6 nitrogen and oxygen atoms in total. The number of ketones is 1. The molecule has 0 aliphatic carbocycles. The quantitative estimate of drug-likeness (QED) is 0.363. The molecule has 28 heavy (non-hydrogen) atoms.